The number of nitrogens with zero attached hydrogens (tertiary/aromatic N) is 2. The van der Waals surface area contributed by atoms with Crippen LogP contribution >= 0.6 is 0 Å². The molecule has 0 aromatic carbocycles. The van der Waals surface area contributed by atoms with Crippen molar-refractivity contribution in [3.05, 3.63) is 0 Å². The molecule has 3 rings (SSSR count). The second-order valence-corrected chi connectivity index (χ2v) is 7.07. The Labute approximate surface area is 123 Å². The second kappa shape index (κ2) is 6.05. The summed E-state index contributed by atoms with van der Waals surface area (Å²) >= 11 is 0. The average molecular weight is 278 g/mol. The maximum Gasteiger partial charge on any atom is 0.225 e. The lowest BCUT2D eigenvalue weighted by Gasteiger charge is -2.45. The molecule has 0 aromatic heterocycles. The number of carbonyl (C=O) groups is 1. The molecule has 114 valence electrons. The van der Waals surface area contributed by atoms with E-state index < -0.39 is 0 Å². The fourth-order valence-electron chi connectivity index (χ4n) is 4.81. The number of likely N-dealkylation sites (tertiary alicyclic amines) is 2. The first kappa shape index (κ1) is 14.4. The molecule has 0 unspecified atom stereocenters. The Bertz CT molecular complexity index is 341. The zero-order valence-corrected chi connectivity index (χ0v) is 13.1. The van der Waals surface area contributed by atoms with Crippen molar-refractivity contribution in [2.45, 2.75) is 70.3 Å². The Hall–Kier alpha value is -0.570. The van der Waals surface area contributed by atoms with E-state index in [1.54, 1.807) is 0 Å². The third-order valence-electron chi connectivity index (χ3n) is 6.08. The minimum absolute atomic E-state index is 0.351. The number of piperidine rings is 1. The minimum Gasteiger partial charge on any atom is -0.342 e. The second-order valence-electron chi connectivity index (χ2n) is 7.07. The topological polar surface area (TPSA) is 23.6 Å². The molecule has 1 saturated carbocycles. The molecule has 1 aliphatic carbocycles. The lowest BCUT2D eigenvalue weighted by molar-refractivity contribution is -0.139. The molecule has 2 aliphatic heterocycles. The molecular formula is C17H30N2O. The summed E-state index contributed by atoms with van der Waals surface area (Å²) in [6.45, 7) is 6.74. The summed E-state index contributed by atoms with van der Waals surface area (Å²) in [5.41, 5.74) is 0.443. The van der Waals surface area contributed by atoms with Crippen molar-refractivity contribution in [2.24, 2.45) is 5.92 Å². The van der Waals surface area contributed by atoms with Crippen LogP contribution in [0.3, 0.4) is 0 Å². The van der Waals surface area contributed by atoms with Gasteiger partial charge in [0.25, 0.3) is 0 Å². The van der Waals surface area contributed by atoms with Crippen molar-refractivity contribution >= 4 is 5.91 Å². The normalized spacial score (nSPS) is 28.1. The van der Waals surface area contributed by atoms with Gasteiger partial charge < -0.3 is 4.90 Å². The van der Waals surface area contributed by atoms with Gasteiger partial charge in [0.2, 0.25) is 5.91 Å². The number of amides is 1. The molecule has 1 amide bonds. The molecule has 2 saturated heterocycles. The standard InChI is InChI=1S/C17H30N2O/c1-2-19-12-6-9-17(19)10-13-18(14-11-17)16(20)15-7-4-3-5-8-15/h15H,2-14H2,1H3. The molecule has 0 aromatic rings. The van der Waals surface area contributed by atoms with Crippen LogP contribution in [0.25, 0.3) is 0 Å². The van der Waals surface area contributed by atoms with Gasteiger partial charge in [0, 0.05) is 24.5 Å². The van der Waals surface area contributed by atoms with E-state index in [-0.39, 0.29) is 0 Å². The highest BCUT2D eigenvalue weighted by atomic mass is 16.2. The Kier molecular flexibility index (Phi) is 4.34. The van der Waals surface area contributed by atoms with Gasteiger partial charge in [-0.1, -0.05) is 26.2 Å². The summed E-state index contributed by atoms with van der Waals surface area (Å²) in [6, 6.07) is 0. The maximum atomic E-state index is 12.6. The van der Waals surface area contributed by atoms with Gasteiger partial charge in [0.15, 0.2) is 0 Å². The number of carbonyl (C=O) groups excluding carboxylic acids is 1. The molecule has 0 bridgehead atoms. The monoisotopic (exact) mass is 278 g/mol. The highest BCUT2D eigenvalue weighted by molar-refractivity contribution is 5.79. The van der Waals surface area contributed by atoms with Gasteiger partial charge in [0.05, 0.1) is 0 Å². The van der Waals surface area contributed by atoms with Crippen LogP contribution in [0.4, 0.5) is 0 Å². The quantitative estimate of drug-likeness (QED) is 0.775. The first-order valence-corrected chi connectivity index (χ1v) is 8.79. The van der Waals surface area contributed by atoms with Gasteiger partial charge >= 0.3 is 0 Å². The predicted octanol–water partition coefficient (Wildman–Crippen LogP) is 3.04. The van der Waals surface area contributed by atoms with Gasteiger partial charge in [0.1, 0.15) is 0 Å². The van der Waals surface area contributed by atoms with Crippen LogP contribution in [-0.4, -0.2) is 47.4 Å². The summed E-state index contributed by atoms with van der Waals surface area (Å²) in [6.07, 6.45) is 11.3. The van der Waals surface area contributed by atoms with Gasteiger partial charge in [-0.15, -0.1) is 0 Å². The lowest BCUT2D eigenvalue weighted by atomic mass is 9.83. The highest BCUT2D eigenvalue weighted by Crippen LogP contribution is 2.38. The van der Waals surface area contributed by atoms with E-state index in [4.69, 9.17) is 0 Å². The van der Waals surface area contributed by atoms with Crippen molar-refractivity contribution in [2.75, 3.05) is 26.2 Å². The van der Waals surface area contributed by atoms with Crippen LogP contribution in [-0.2, 0) is 4.79 Å². The molecule has 3 heteroatoms. The van der Waals surface area contributed by atoms with Crippen molar-refractivity contribution in [1.29, 1.82) is 0 Å². The largest absolute Gasteiger partial charge is 0.342 e. The molecule has 0 atom stereocenters. The highest BCUT2D eigenvalue weighted by Gasteiger charge is 2.43. The van der Waals surface area contributed by atoms with E-state index in [1.165, 1.54) is 58.0 Å². The molecule has 0 N–H and O–H groups in total. The zero-order chi connectivity index (χ0) is 14.0. The van der Waals surface area contributed by atoms with Gasteiger partial charge in [-0.2, -0.15) is 0 Å². The Morgan fingerprint density at radius 2 is 1.70 bits per heavy atom. The van der Waals surface area contributed by atoms with Crippen LogP contribution in [0.2, 0.25) is 0 Å². The summed E-state index contributed by atoms with van der Waals surface area (Å²) in [4.78, 5) is 17.5. The zero-order valence-electron chi connectivity index (χ0n) is 13.1. The first-order valence-electron chi connectivity index (χ1n) is 8.79. The molecule has 3 fully saturated rings. The summed E-state index contributed by atoms with van der Waals surface area (Å²) < 4.78 is 0. The van der Waals surface area contributed by atoms with E-state index in [1.807, 2.05) is 0 Å². The fraction of sp³-hybridized carbons (Fsp3) is 0.941. The van der Waals surface area contributed by atoms with E-state index in [2.05, 4.69) is 16.7 Å². The SMILES string of the molecule is CCN1CCCC12CCN(C(=O)C1CCCCC1)CC2. The van der Waals surface area contributed by atoms with Crippen molar-refractivity contribution < 1.29 is 4.79 Å². The average Bonchev–Trinajstić information content (AvgIpc) is 2.90. The molecule has 0 radical (unpaired) electrons. The van der Waals surface area contributed by atoms with Crippen molar-refractivity contribution in [3.63, 3.8) is 0 Å². The number of hydrogen-bond donors (Lipinski definition) is 0. The summed E-state index contributed by atoms with van der Waals surface area (Å²) in [7, 11) is 0. The Morgan fingerprint density at radius 1 is 1.00 bits per heavy atom. The van der Waals surface area contributed by atoms with E-state index in [0.29, 0.717) is 17.4 Å². The Morgan fingerprint density at radius 3 is 2.35 bits per heavy atom. The van der Waals surface area contributed by atoms with Crippen LogP contribution in [0, 0.1) is 5.92 Å². The molecule has 3 aliphatic rings. The molecule has 3 nitrogen and oxygen atoms in total. The first-order chi connectivity index (χ1) is 9.75. The lowest BCUT2D eigenvalue weighted by Crippen LogP contribution is -2.54. The van der Waals surface area contributed by atoms with E-state index in [0.717, 1.165) is 25.9 Å². The number of rotatable bonds is 2. The van der Waals surface area contributed by atoms with Crippen LogP contribution < -0.4 is 0 Å². The summed E-state index contributed by atoms with van der Waals surface area (Å²) in [5.74, 6) is 0.823. The van der Waals surface area contributed by atoms with Crippen LogP contribution in [0.1, 0.15) is 64.7 Å². The summed E-state index contributed by atoms with van der Waals surface area (Å²) in [5, 5.41) is 0. The fourth-order valence-corrected chi connectivity index (χ4v) is 4.81. The third-order valence-corrected chi connectivity index (χ3v) is 6.08. The smallest absolute Gasteiger partial charge is 0.225 e. The van der Waals surface area contributed by atoms with Crippen molar-refractivity contribution in [3.8, 4) is 0 Å². The van der Waals surface area contributed by atoms with Crippen molar-refractivity contribution in [1.82, 2.24) is 9.80 Å². The molecular weight excluding hydrogens is 248 g/mol. The molecule has 1 spiro atoms. The van der Waals surface area contributed by atoms with Gasteiger partial charge in [-0.3, -0.25) is 9.69 Å². The minimum atomic E-state index is 0.351. The molecule has 20 heavy (non-hydrogen) atoms. The van der Waals surface area contributed by atoms with E-state index in [9.17, 15) is 4.79 Å². The molecule has 2 heterocycles. The Balaban J connectivity index is 1.56. The number of hydrogen-bond acceptors (Lipinski definition) is 2. The van der Waals surface area contributed by atoms with Gasteiger partial charge in [-0.25, -0.2) is 0 Å². The van der Waals surface area contributed by atoms with Gasteiger partial charge in [-0.05, 0) is 51.6 Å². The van der Waals surface area contributed by atoms with E-state index >= 15 is 0 Å². The van der Waals surface area contributed by atoms with Crippen LogP contribution in [0.5, 0.6) is 0 Å². The van der Waals surface area contributed by atoms with Crippen LogP contribution in [0.15, 0.2) is 0 Å². The maximum absolute atomic E-state index is 12.6. The predicted molar refractivity (Wildman–Crippen MR) is 81.6 cm³/mol. The third kappa shape index (κ3) is 2.61.